The van der Waals surface area contributed by atoms with Crippen molar-refractivity contribution in [2.75, 3.05) is 29.5 Å². The summed E-state index contributed by atoms with van der Waals surface area (Å²) in [6, 6.07) is 2.86. The molecule has 1 saturated heterocycles. The Labute approximate surface area is 117 Å². The first-order valence-corrected chi connectivity index (χ1v) is 8.07. The van der Waals surface area contributed by atoms with Crippen LogP contribution in [0.25, 0.3) is 0 Å². The van der Waals surface area contributed by atoms with E-state index >= 15 is 0 Å². The lowest BCUT2D eigenvalue weighted by molar-refractivity contribution is 0.686. The second-order valence-corrected chi connectivity index (χ2v) is 6.52. The third kappa shape index (κ3) is 3.11. The van der Waals surface area contributed by atoms with E-state index in [0.29, 0.717) is 6.04 Å². The zero-order valence-electron chi connectivity index (χ0n) is 10.4. The van der Waals surface area contributed by atoms with Crippen molar-refractivity contribution in [1.82, 2.24) is 10.3 Å². The smallest absolute Gasteiger partial charge is 0.128 e. The molecule has 2 fully saturated rings. The second kappa shape index (κ2) is 5.68. The van der Waals surface area contributed by atoms with Crippen molar-refractivity contribution in [1.29, 1.82) is 0 Å². The van der Waals surface area contributed by atoms with Gasteiger partial charge < -0.3 is 10.2 Å². The summed E-state index contributed by atoms with van der Waals surface area (Å²) >= 11 is 8.23. The van der Waals surface area contributed by atoms with E-state index in [2.05, 4.69) is 21.3 Å². The van der Waals surface area contributed by atoms with E-state index in [1.807, 2.05) is 11.8 Å². The molecule has 0 bridgehead atoms. The van der Waals surface area contributed by atoms with Crippen molar-refractivity contribution >= 4 is 29.2 Å². The Bertz CT molecular complexity index is 417. The van der Waals surface area contributed by atoms with Gasteiger partial charge in [-0.1, -0.05) is 11.6 Å². The van der Waals surface area contributed by atoms with Crippen LogP contribution in [0, 0.1) is 0 Å². The van der Waals surface area contributed by atoms with Gasteiger partial charge in [-0.3, -0.25) is 0 Å². The van der Waals surface area contributed by atoms with E-state index in [1.165, 1.54) is 29.9 Å². The van der Waals surface area contributed by atoms with Crippen molar-refractivity contribution in [2.24, 2.45) is 0 Å². The van der Waals surface area contributed by atoms with Gasteiger partial charge in [-0.05, 0) is 24.5 Å². The van der Waals surface area contributed by atoms with E-state index in [-0.39, 0.29) is 0 Å². The number of aromatic nitrogens is 1. The van der Waals surface area contributed by atoms with Gasteiger partial charge in [0.1, 0.15) is 5.82 Å². The average molecular weight is 284 g/mol. The van der Waals surface area contributed by atoms with Gasteiger partial charge in [0, 0.05) is 43.4 Å². The van der Waals surface area contributed by atoms with Gasteiger partial charge in [-0.15, -0.1) is 0 Å². The fourth-order valence-electron chi connectivity index (χ4n) is 2.11. The van der Waals surface area contributed by atoms with E-state index in [4.69, 9.17) is 11.6 Å². The molecule has 3 rings (SSSR count). The first kappa shape index (κ1) is 12.6. The molecule has 1 aromatic rings. The Kier molecular flexibility index (Phi) is 3.97. The number of thioether (sulfide) groups is 1. The summed E-state index contributed by atoms with van der Waals surface area (Å²) in [7, 11) is 0. The van der Waals surface area contributed by atoms with Gasteiger partial charge in [-0.25, -0.2) is 4.98 Å². The lowest BCUT2D eigenvalue weighted by Gasteiger charge is -2.27. The minimum atomic E-state index is 0.712. The van der Waals surface area contributed by atoms with Crippen LogP contribution in [0.4, 0.5) is 5.82 Å². The molecule has 2 heterocycles. The number of halogens is 1. The number of hydrogen-bond acceptors (Lipinski definition) is 4. The van der Waals surface area contributed by atoms with Gasteiger partial charge in [-0.2, -0.15) is 11.8 Å². The molecule has 0 spiro atoms. The fraction of sp³-hybridized carbons (Fsp3) is 0.615. The van der Waals surface area contributed by atoms with Crippen molar-refractivity contribution in [3.05, 3.63) is 22.8 Å². The summed E-state index contributed by atoms with van der Waals surface area (Å²) in [5.74, 6) is 3.47. The van der Waals surface area contributed by atoms with Crippen LogP contribution in [-0.2, 0) is 6.54 Å². The molecule has 98 valence electrons. The van der Waals surface area contributed by atoms with Gasteiger partial charge in [0.15, 0.2) is 0 Å². The van der Waals surface area contributed by atoms with Crippen molar-refractivity contribution in [3.8, 4) is 0 Å². The van der Waals surface area contributed by atoms with Crippen LogP contribution in [0.1, 0.15) is 18.4 Å². The highest BCUT2D eigenvalue weighted by Crippen LogP contribution is 2.24. The van der Waals surface area contributed by atoms with Gasteiger partial charge in [0.2, 0.25) is 0 Å². The largest absolute Gasteiger partial charge is 0.355 e. The number of hydrogen-bond donors (Lipinski definition) is 1. The summed E-state index contributed by atoms with van der Waals surface area (Å²) < 4.78 is 0. The highest BCUT2D eigenvalue weighted by molar-refractivity contribution is 7.99. The number of nitrogens with one attached hydrogen (secondary N) is 1. The topological polar surface area (TPSA) is 28.2 Å². The molecule has 1 aliphatic carbocycles. The molecule has 5 heteroatoms. The maximum Gasteiger partial charge on any atom is 0.128 e. The molecular weight excluding hydrogens is 266 g/mol. The molecule has 1 saturated carbocycles. The van der Waals surface area contributed by atoms with Gasteiger partial charge >= 0.3 is 0 Å². The molecular formula is C13H18ClN3S. The molecule has 3 nitrogen and oxygen atoms in total. The normalized spacial score (nSPS) is 20.2. The van der Waals surface area contributed by atoms with Gasteiger partial charge in [0.25, 0.3) is 0 Å². The van der Waals surface area contributed by atoms with Crippen LogP contribution in [0.5, 0.6) is 0 Å². The Hall–Kier alpha value is -0.450. The first-order chi connectivity index (χ1) is 8.83. The lowest BCUT2D eigenvalue weighted by atomic mass is 10.2. The van der Waals surface area contributed by atoms with Crippen LogP contribution in [0.15, 0.2) is 12.3 Å². The van der Waals surface area contributed by atoms with Crippen molar-refractivity contribution < 1.29 is 0 Å². The zero-order chi connectivity index (χ0) is 12.4. The fourth-order valence-corrected chi connectivity index (χ4v) is 3.18. The van der Waals surface area contributed by atoms with E-state index in [1.54, 1.807) is 6.20 Å². The van der Waals surface area contributed by atoms with E-state index in [9.17, 15) is 0 Å². The highest BCUT2D eigenvalue weighted by atomic mass is 35.5. The monoisotopic (exact) mass is 283 g/mol. The molecule has 2 aliphatic rings. The van der Waals surface area contributed by atoms with E-state index < -0.39 is 0 Å². The molecule has 0 aromatic carbocycles. The zero-order valence-corrected chi connectivity index (χ0v) is 11.9. The average Bonchev–Trinajstić information content (AvgIpc) is 3.23. The van der Waals surface area contributed by atoms with Gasteiger partial charge in [0.05, 0.1) is 5.02 Å². The van der Waals surface area contributed by atoms with Crippen LogP contribution in [0.3, 0.4) is 0 Å². The van der Waals surface area contributed by atoms with Crippen LogP contribution in [0.2, 0.25) is 5.02 Å². The van der Waals surface area contributed by atoms with Crippen LogP contribution >= 0.6 is 23.4 Å². The Balaban J connectivity index is 1.71. The van der Waals surface area contributed by atoms with Crippen LogP contribution < -0.4 is 10.2 Å². The standard InChI is InChI=1S/C13H18ClN3S/c14-12-9-16-13(17-3-5-18-6-4-17)7-10(12)8-15-11-1-2-11/h7,9,11,15H,1-6,8H2. The number of rotatable bonds is 4. The maximum atomic E-state index is 6.21. The molecule has 1 aliphatic heterocycles. The minimum absolute atomic E-state index is 0.712. The summed E-state index contributed by atoms with van der Waals surface area (Å²) in [6.07, 6.45) is 4.40. The third-order valence-corrected chi connectivity index (χ3v) is 4.70. The van der Waals surface area contributed by atoms with Crippen LogP contribution in [-0.4, -0.2) is 35.6 Å². The highest BCUT2D eigenvalue weighted by Gasteiger charge is 2.21. The predicted molar refractivity (Wildman–Crippen MR) is 78.6 cm³/mol. The first-order valence-electron chi connectivity index (χ1n) is 6.53. The minimum Gasteiger partial charge on any atom is -0.355 e. The Morgan fingerprint density at radius 2 is 2.17 bits per heavy atom. The Morgan fingerprint density at radius 3 is 2.89 bits per heavy atom. The van der Waals surface area contributed by atoms with Crippen molar-refractivity contribution in [3.63, 3.8) is 0 Å². The predicted octanol–water partition coefficient (Wildman–Crippen LogP) is 2.54. The number of anilines is 1. The second-order valence-electron chi connectivity index (χ2n) is 4.89. The summed E-state index contributed by atoms with van der Waals surface area (Å²) in [4.78, 5) is 6.82. The molecule has 0 radical (unpaired) electrons. The summed E-state index contributed by atoms with van der Waals surface area (Å²) in [5.41, 5.74) is 1.17. The molecule has 1 aromatic heterocycles. The van der Waals surface area contributed by atoms with Crippen molar-refractivity contribution in [2.45, 2.75) is 25.4 Å². The Morgan fingerprint density at radius 1 is 1.39 bits per heavy atom. The quantitative estimate of drug-likeness (QED) is 0.919. The number of nitrogens with zero attached hydrogens (tertiary/aromatic N) is 2. The third-order valence-electron chi connectivity index (χ3n) is 3.41. The number of pyridine rings is 1. The van der Waals surface area contributed by atoms with E-state index in [0.717, 1.165) is 30.5 Å². The molecule has 0 amide bonds. The molecule has 0 atom stereocenters. The maximum absolute atomic E-state index is 6.21. The molecule has 1 N–H and O–H groups in total. The molecule has 0 unspecified atom stereocenters. The summed E-state index contributed by atoms with van der Waals surface area (Å²) in [5, 5.41) is 4.29. The lowest BCUT2D eigenvalue weighted by Crippen LogP contribution is -2.33. The molecule has 18 heavy (non-hydrogen) atoms. The summed E-state index contributed by atoms with van der Waals surface area (Å²) in [6.45, 7) is 3.05. The SMILES string of the molecule is Clc1cnc(N2CCSCC2)cc1CNC1CC1.